The maximum absolute atomic E-state index is 11.3. The van der Waals surface area contributed by atoms with Crippen LogP contribution in [0.5, 0.6) is 0 Å². The molecule has 3 aromatic heterocycles. The van der Waals surface area contributed by atoms with Gasteiger partial charge in [-0.3, -0.25) is 0 Å². The van der Waals surface area contributed by atoms with E-state index in [1.807, 2.05) is 18.2 Å². The number of morpholine rings is 1. The predicted octanol–water partition coefficient (Wildman–Crippen LogP) is 0.503. The summed E-state index contributed by atoms with van der Waals surface area (Å²) in [5.41, 5.74) is 3.25. The molecule has 1 atom stereocenters. The van der Waals surface area contributed by atoms with Crippen molar-refractivity contribution in [1.82, 2.24) is 29.3 Å². The quantitative estimate of drug-likeness (QED) is 0.617. The third-order valence-corrected chi connectivity index (χ3v) is 5.42. The summed E-state index contributed by atoms with van der Waals surface area (Å²) >= 11 is 0. The molecule has 0 saturated carbocycles. The molecule has 11 heteroatoms. The van der Waals surface area contributed by atoms with Gasteiger partial charge in [0.2, 0.25) is 10.0 Å². The van der Waals surface area contributed by atoms with Gasteiger partial charge in [0.25, 0.3) is 0 Å². The van der Waals surface area contributed by atoms with Crippen LogP contribution in [0.4, 0.5) is 5.82 Å². The van der Waals surface area contributed by atoms with Gasteiger partial charge in [0.1, 0.15) is 17.8 Å². The third kappa shape index (κ3) is 4.52. The number of ether oxygens (including phenoxy) is 1. The summed E-state index contributed by atoms with van der Waals surface area (Å²) in [6.07, 6.45) is 5.00. The number of sulfonamides is 1. The van der Waals surface area contributed by atoms with Crippen molar-refractivity contribution in [3.05, 3.63) is 36.4 Å². The van der Waals surface area contributed by atoms with Gasteiger partial charge >= 0.3 is 0 Å². The molecule has 29 heavy (non-hydrogen) atoms. The average Bonchev–Trinajstić information content (AvgIpc) is 3.15. The standard InChI is InChI=1S/C18H23N7O3S/c1-3-13-4-5-17-19-10-16(25(17)23-13)15-8-18(21-12-20-15)24-6-7-28-14(11-24)9-22-29(2,26)27/h4-5,8,10,12,14,22H,3,6-7,9,11H2,1-2H3/t14-/m1/s1. The minimum absolute atomic E-state index is 0.226. The van der Waals surface area contributed by atoms with Crippen LogP contribution in [0.1, 0.15) is 12.6 Å². The molecule has 3 aromatic rings. The number of rotatable bonds is 6. The van der Waals surface area contributed by atoms with Gasteiger partial charge in [-0.25, -0.2) is 32.6 Å². The molecular weight excluding hydrogens is 394 g/mol. The van der Waals surface area contributed by atoms with Crippen LogP contribution >= 0.6 is 0 Å². The highest BCUT2D eigenvalue weighted by molar-refractivity contribution is 7.88. The van der Waals surface area contributed by atoms with Crippen molar-refractivity contribution in [2.75, 3.05) is 37.4 Å². The highest BCUT2D eigenvalue weighted by Crippen LogP contribution is 2.23. The Bertz CT molecular complexity index is 1120. The van der Waals surface area contributed by atoms with Gasteiger partial charge in [0.05, 0.1) is 36.6 Å². The van der Waals surface area contributed by atoms with E-state index in [0.29, 0.717) is 19.7 Å². The van der Waals surface area contributed by atoms with E-state index in [2.05, 4.69) is 36.6 Å². The smallest absolute Gasteiger partial charge is 0.208 e. The van der Waals surface area contributed by atoms with Gasteiger partial charge in [0, 0.05) is 25.7 Å². The van der Waals surface area contributed by atoms with Gasteiger partial charge in [0.15, 0.2) is 5.65 Å². The van der Waals surface area contributed by atoms with E-state index in [0.717, 1.165) is 41.2 Å². The second-order valence-electron chi connectivity index (χ2n) is 6.91. The Morgan fingerprint density at radius 1 is 1.28 bits per heavy atom. The van der Waals surface area contributed by atoms with E-state index in [1.165, 1.54) is 6.33 Å². The van der Waals surface area contributed by atoms with Crippen molar-refractivity contribution in [3.63, 3.8) is 0 Å². The largest absolute Gasteiger partial charge is 0.373 e. The van der Waals surface area contributed by atoms with E-state index >= 15 is 0 Å². The fraction of sp³-hybridized carbons (Fsp3) is 0.444. The lowest BCUT2D eigenvalue weighted by molar-refractivity contribution is 0.0440. The molecule has 0 spiro atoms. The number of nitrogens with one attached hydrogen (secondary N) is 1. The Hall–Kier alpha value is -2.63. The summed E-state index contributed by atoms with van der Waals surface area (Å²) in [5, 5.41) is 4.63. The molecule has 1 aliphatic rings. The second kappa shape index (κ2) is 8.01. The van der Waals surface area contributed by atoms with Crippen LogP contribution < -0.4 is 9.62 Å². The Morgan fingerprint density at radius 2 is 2.14 bits per heavy atom. The van der Waals surface area contributed by atoms with E-state index < -0.39 is 10.0 Å². The summed E-state index contributed by atoms with van der Waals surface area (Å²) in [4.78, 5) is 15.3. The summed E-state index contributed by atoms with van der Waals surface area (Å²) in [6.45, 7) is 3.97. The summed E-state index contributed by atoms with van der Waals surface area (Å²) in [7, 11) is -3.26. The minimum Gasteiger partial charge on any atom is -0.373 e. The molecule has 1 fully saturated rings. The lowest BCUT2D eigenvalue weighted by atomic mass is 10.2. The zero-order valence-electron chi connectivity index (χ0n) is 16.3. The SMILES string of the molecule is CCc1ccc2ncc(-c3cc(N4CCO[C@H](CNS(C)(=O)=O)C4)ncn3)n2n1. The lowest BCUT2D eigenvalue weighted by Crippen LogP contribution is -2.47. The fourth-order valence-electron chi connectivity index (χ4n) is 3.23. The van der Waals surface area contributed by atoms with Crippen LogP contribution in [0.3, 0.4) is 0 Å². The Morgan fingerprint density at radius 3 is 2.93 bits per heavy atom. The van der Waals surface area contributed by atoms with E-state index in [-0.39, 0.29) is 12.6 Å². The number of hydrogen-bond acceptors (Lipinski definition) is 8. The molecule has 1 saturated heterocycles. The first-order valence-electron chi connectivity index (χ1n) is 9.40. The van der Waals surface area contributed by atoms with Gasteiger partial charge in [-0.1, -0.05) is 6.92 Å². The molecular formula is C18H23N7O3S. The molecule has 1 N–H and O–H groups in total. The molecule has 0 amide bonds. The zero-order chi connectivity index (χ0) is 20.4. The minimum atomic E-state index is -3.26. The van der Waals surface area contributed by atoms with Crippen LogP contribution in [0.2, 0.25) is 0 Å². The van der Waals surface area contributed by atoms with E-state index in [4.69, 9.17) is 4.74 Å². The molecule has 154 valence electrons. The molecule has 0 aliphatic carbocycles. The monoisotopic (exact) mass is 417 g/mol. The number of anilines is 1. The first kappa shape index (κ1) is 19.7. The van der Waals surface area contributed by atoms with Crippen molar-refractivity contribution in [2.45, 2.75) is 19.4 Å². The van der Waals surface area contributed by atoms with Crippen molar-refractivity contribution in [2.24, 2.45) is 0 Å². The average molecular weight is 417 g/mol. The van der Waals surface area contributed by atoms with Crippen molar-refractivity contribution < 1.29 is 13.2 Å². The van der Waals surface area contributed by atoms with Gasteiger partial charge < -0.3 is 9.64 Å². The van der Waals surface area contributed by atoms with Crippen molar-refractivity contribution in [3.8, 4) is 11.4 Å². The molecule has 0 unspecified atom stereocenters. The first-order valence-corrected chi connectivity index (χ1v) is 11.3. The predicted molar refractivity (Wildman–Crippen MR) is 108 cm³/mol. The van der Waals surface area contributed by atoms with Crippen LogP contribution in [0, 0.1) is 0 Å². The topological polar surface area (TPSA) is 115 Å². The zero-order valence-corrected chi connectivity index (χ0v) is 17.1. The highest BCUT2D eigenvalue weighted by atomic mass is 32.2. The third-order valence-electron chi connectivity index (χ3n) is 4.73. The Labute approximate surface area is 169 Å². The number of aromatic nitrogens is 5. The molecule has 0 aromatic carbocycles. The number of hydrogen-bond donors (Lipinski definition) is 1. The molecule has 4 heterocycles. The number of aryl methyl sites for hydroxylation is 1. The van der Waals surface area contributed by atoms with E-state index in [9.17, 15) is 8.42 Å². The van der Waals surface area contributed by atoms with Crippen molar-refractivity contribution in [1.29, 1.82) is 0 Å². The van der Waals surface area contributed by atoms with Crippen LogP contribution in [0.15, 0.2) is 30.7 Å². The number of nitrogens with zero attached hydrogens (tertiary/aromatic N) is 6. The van der Waals surface area contributed by atoms with E-state index in [1.54, 1.807) is 10.7 Å². The van der Waals surface area contributed by atoms with Crippen LogP contribution in [-0.4, -0.2) is 71.6 Å². The highest BCUT2D eigenvalue weighted by Gasteiger charge is 2.23. The molecule has 4 rings (SSSR count). The molecule has 0 bridgehead atoms. The van der Waals surface area contributed by atoms with Crippen LogP contribution in [0.25, 0.3) is 17.0 Å². The van der Waals surface area contributed by atoms with Gasteiger partial charge in [-0.2, -0.15) is 5.10 Å². The fourth-order valence-corrected chi connectivity index (χ4v) is 3.72. The normalized spacial score (nSPS) is 17.7. The Balaban J connectivity index is 1.57. The molecule has 0 radical (unpaired) electrons. The Kier molecular flexibility index (Phi) is 5.43. The molecule has 10 nitrogen and oxygen atoms in total. The summed E-state index contributed by atoms with van der Waals surface area (Å²) < 4.78 is 32.6. The summed E-state index contributed by atoms with van der Waals surface area (Å²) in [5.74, 6) is 0.754. The maximum Gasteiger partial charge on any atom is 0.208 e. The maximum atomic E-state index is 11.3. The van der Waals surface area contributed by atoms with Crippen LogP contribution in [-0.2, 0) is 21.2 Å². The van der Waals surface area contributed by atoms with Gasteiger partial charge in [-0.15, -0.1) is 0 Å². The van der Waals surface area contributed by atoms with Crippen molar-refractivity contribution >= 4 is 21.5 Å². The summed E-state index contributed by atoms with van der Waals surface area (Å²) in [6, 6.07) is 5.81. The van der Waals surface area contributed by atoms with Gasteiger partial charge in [-0.05, 0) is 18.6 Å². The first-order chi connectivity index (χ1) is 13.9. The second-order valence-corrected chi connectivity index (χ2v) is 8.75. The number of fused-ring (bicyclic) bond motifs is 1. The number of imidazole rings is 1. The lowest BCUT2D eigenvalue weighted by Gasteiger charge is -2.33. The molecule has 1 aliphatic heterocycles.